The predicted molar refractivity (Wildman–Crippen MR) is 119 cm³/mol. The number of likely N-dealkylation sites (tertiary alicyclic amines) is 1. The summed E-state index contributed by atoms with van der Waals surface area (Å²) in [6, 6.07) is 18.0. The van der Waals surface area contributed by atoms with Crippen molar-refractivity contribution in [1.82, 2.24) is 9.88 Å². The standard InChI is InChI=1S/C26H28N2O2/c1-19-6-5-9-24(29)25(19)22-12-14-28(15-13-22)26(30)23-16-21(17-27-18-23)11-10-20-7-3-2-4-8-20/h2-9,16-18,22,29H,10-15H2,1H3. The van der Waals surface area contributed by atoms with Gasteiger partial charge in [0.05, 0.1) is 5.56 Å². The molecule has 0 radical (unpaired) electrons. The van der Waals surface area contributed by atoms with Crippen LogP contribution >= 0.6 is 0 Å². The van der Waals surface area contributed by atoms with E-state index in [1.807, 2.05) is 54.4 Å². The molecule has 1 N–H and O–H groups in total. The Hall–Kier alpha value is -3.14. The number of amides is 1. The van der Waals surface area contributed by atoms with Gasteiger partial charge in [-0.25, -0.2) is 0 Å². The van der Waals surface area contributed by atoms with Gasteiger partial charge in [0.15, 0.2) is 0 Å². The average Bonchev–Trinajstić information content (AvgIpc) is 2.78. The van der Waals surface area contributed by atoms with Crippen molar-refractivity contribution in [2.45, 2.75) is 38.5 Å². The lowest BCUT2D eigenvalue weighted by Gasteiger charge is -2.33. The van der Waals surface area contributed by atoms with Crippen molar-refractivity contribution in [3.8, 4) is 5.75 Å². The smallest absolute Gasteiger partial charge is 0.255 e. The third kappa shape index (κ3) is 4.54. The molecule has 1 aromatic heterocycles. The molecule has 0 saturated carbocycles. The third-order valence-corrected chi connectivity index (χ3v) is 6.08. The first-order valence-corrected chi connectivity index (χ1v) is 10.7. The second-order valence-corrected chi connectivity index (χ2v) is 8.14. The summed E-state index contributed by atoms with van der Waals surface area (Å²) in [6.45, 7) is 3.44. The van der Waals surface area contributed by atoms with Gasteiger partial charge in [0.2, 0.25) is 0 Å². The Morgan fingerprint density at radius 2 is 1.73 bits per heavy atom. The number of aromatic hydroxyl groups is 1. The Morgan fingerprint density at radius 3 is 2.47 bits per heavy atom. The lowest BCUT2D eigenvalue weighted by molar-refractivity contribution is 0.0712. The van der Waals surface area contributed by atoms with E-state index in [1.54, 1.807) is 12.3 Å². The SMILES string of the molecule is Cc1cccc(O)c1C1CCN(C(=O)c2cncc(CCc3ccccc3)c2)CC1. The maximum atomic E-state index is 13.0. The number of hydrogen-bond acceptors (Lipinski definition) is 3. The zero-order valence-electron chi connectivity index (χ0n) is 17.4. The molecule has 0 unspecified atom stereocenters. The number of carbonyl (C=O) groups excluding carboxylic acids is 1. The molecule has 0 spiro atoms. The Labute approximate surface area is 178 Å². The Bertz CT molecular complexity index is 988. The van der Waals surface area contributed by atoms with Gasteiger partial charge in [0, 0.05) is 25.5 Å². The van der Waals surface area contributed by atoms with Gasteiger partial charge in [-0.3, -0.25) is 9.78 Å². The van der Waals surface area contributed by atoms with Gasteiger partial charge in [-0.2, -0.15) is 0 Å². The maximum absolute atomic E-state index is 13.0. The minimum Gasteiger partial charge on any atom is -0.508 e. The van der Waals surface area contributed by atoms with Crippen LogP contribution in [0.2, 0.25) is 0 Å². The van der Waals surface area contributed by atoms with Crippen LogP contribution in [0, 0.1) is 6.92 Å². The highest BCUT2D eigenvalue weighted by atomic mass is 16.3. The van der Waals surface area contributed by atoms with Crippen LogP contribution < -0.4 is 0 Å². The van der Waals surface area contributed by atoms with Crippen molar-refractivity contribution in [3.63, 3.8) is 0 Å². The van der Waals surface area contributed by atoms with Gasteiger partial charge in [-0.1, -0.05) is 42.5 Å². The van der Waals surface area contributed by atoms with Crippen molar-refractivity contribution < 1.29 is 9.90 Å². The number of hydrogen-bond donors (Lipinski definition) is 1. The molecule has 4 heteroatoms. The van der Waals surface area contributed by atoms with Gasteiger partial charge < -0.3 is 10.0 Å². The number of aromatic nitrogens is 1. The normalized spacial score (nSPS) is 14.6. The third-order valence-electron chi connectivity index (χ3n) is 6.08. The van der Waals surface area contributed by atoms with Gasteiger partial charge >= 0.3 is 0 Å². The van der Waals surface area contributed by atoms with Gasteiger partial charge in [-0.15, -0.1) is 0 Å². The highest BCUT2D eigenvalue weighted by molar-refractivity contribution is 5.94. The number of pyridine rings is 1. The summed E-state index contributed by atoms with van der Waals surface area (Å²) < 4.78 is 0. The number of piperidine rings is 1. The maximum Gasteiger partial charge on any atom is 0.255 e. The summed E-state index contributed by atoms with van der Waals surface area (Å²) >= 11 is 0. The highest BCUT2D eigenvalue weighted by Crippen LogP contribution is 2.36. The first kappa shape index (κ1) is 20.1. The Balaban J connectivity index is 1.38. The first-order chi connectivity index (χ1) is 14.6. The second-order valence-electron chi connectivity index (χ2n) is 8.14. The summed E-state index contributed by atoms with van der Waals surface area (Å²) in [5, 5.41) is 10.3. The van der Waals surface area contributed by atoms with Gasteiger partial charge in [0.25, 0.3) is 5.91 Å². The van der Waals surface area contributed by atoms with Crippen molar-refractivity contribution in [2.24, 2.45) is 0 Å². The van der Waals surface area contributed by atoms with Crippen LogP contribution in [-0.2, 0) is 12.8 Å². The average molecular weight is 401 g/mol. The van der Waals surface area contributed by atoms with E-state index >= 15 is 0 Å². The molecule has 1 amide bonds. The minimum atomic E-state index is 0.0523. The van der Waals surface area contributed by atoms with E-state index in [-0.39, 0.29) is 5.91 Å². The van der Waals surface area contributed by atoms with Crippen molar-refractivity contribution in [1.29, 1.82) is 0 Å². The summed E-state index contributed by atoms with van der Waals surface area (Å²) in [5.41, 5.74) is 5.20. The molecule has 2 aromatic carbocycles. The monoisotopic (exact) mass is 400 g/mol. The Kier molecular flexibility index (Phi) is 6.12. The fraction of sp³-hybridized carbons (Fsp3) is 0.308. The van der Waals surface area contributed by atoms with Crippen LogP contribution in [-0.4, -0.2) is 34.0 Å². The van der Waals surface area contributed by atoms with E-state index in [4.69, 9.17) is 0 Å². The van der Waals surface area contributed by atoms with Crippen LogP contribution in [0.5, 0.6) is 5.75 Å². The van der Waals surface area contributed by atoms with Crippen LogP contribution in [0.1, 0.15) is 51.4 Å². The number of aryl methyl sites for hydroxylation is 3. The summed E-state index contributed by atoms with van der Waals surface area (Å²) in [4.78, 5) is 19.3. The van der Waals surface area contributed by atoms with E-state index in [1.165, 1.54) is 5.56 Å². The van der Waals surface area contributed by atoms with E-state index in [0.717, 1.165) is 42.4 Å². The number of phenols is 1. The molecule has 154 valence electrons. The second kappa shape index (κ2) is 9.12. The molecular formula is C26H28N2O2. The van der Waals surface area contributed by atoms with Crippen molar-refractivity contribution in [2.75, 3.05) is 13.1 Å². The molecule has 1 fully saturated rings. The molecule has 30 heavy (non-hydrogen) atoms. The predicted octanol–water partition coefficient (Wildman–Crippen LogP) is 4.90. The van der Waals surface area contributed by atoms with Gasteiger partial charge in [0.1, 0.15) is 5.75 Å². The van der Waals surface area contributed by atoms with Crippen LogP contribution in [0.4, 0.5) is 0 Å². The summed E-state index contributed by atoms with van der Waals surface area (Å²) in [5.74, 6) is 0.720. The zero-order chi connectivity index (χ0) is 20.9. The van der Waals surface area contributed by atoms with E-state index in [2.05, 4.69) is 17.1 Å². The summed E-state index contributed by atoms with van der Waals surface area (Å²) in [7, 11) is 0. The van der Waals surface area contributed by atoms with Crippen LogP contribution in [0.25, 0.3) is 0 Å². The molecule has 4 nitrogen and oxygen atoms in total. The molecule has 1 aliphatic rings. The summed E-state index contributed by atoms with van der Waals surface area (Å²) in [6.07, 6.45) is 7.06. The number of rotatable bonds is 5. The molecule has 3 aromatic rings. The fourth-order valence-corrected chi connectivity index (χ4v) is 4.42. The number of benzene rings is 2. The van der Waals surface area contributed by atoms with Crippen molar-refractivity contribution >= 4 is 5.91 Å². The van der Waals surface area contributed by atoms with Gasteiger partial charge in [-0.05, 0) is 72.9 Å². The highest BCUT2D eigenvalue weighted by Gasteiger charge is 2.27. The largest absolute Gasteiger partial charge is 0.508 e. The minimum absolute atomic E-state index is 0.0523. The molecule has 1 saturated heterocycles. The Morgan fingerprint density at radius 1 is 1.00 bits per heavy atom. The zero-order valence-corrected chi connectivity index (χ0v) is 17.4. The molecule has 4 rings (SSSR count). The molecule has 0 bridgehead atoms. The lowest BCUT2D eigenvalue weighted by atomic mass is 9.86. The lowest BCUT2D eigenvalue weighted by Crippen LogP contribution is -2.38. The van der Waals surface area contributed by atoms with E-state index in [9.17, 15) is 9.90 Å². The fourth-order valence-electron chi connectivity index (χ4n) is 4.42. The van der Waals surface area contributed by atoms with E-state index in [0.29, 0.717) is 30.3 Å². The number of phenolic OH excluding ortho intramolecular Hbond substituents is 1. The molecule has 0 atom stereocenters. The number of carbonyl (C=O) groups is 1. The molecule has 2 heterocycles. The quantitative estimate of drug-likeness (QED) is 0.663. The van der Waals surface area contributed by atoms with Crippen LogP contribution in [0.3, 0.4) is 0 Å². The topological polar surface area (TPSA) is 53.4 Å². The first-order valence-electron chi connectivity index (χ1n) is 10.7. The number of nitrogens with zero attached hydrogens (tertiary/aromatic N) is 2. The van der Waals surface area contributed by atoms with E-state index < -0.39 is 0 Å². The van der Waals surface area contributed by atoms with Crippen LogP contribution in [0.15, 0.2) is 67.0 Å². The van der Waals surface area contributed by atoms with Crippen molar-refractivity contribution in [3.05, 3.63) is 94.8 Å². The molecule has 1 aliphatic heterocycles. The molecule has 0 aliphatic carbocycles. The molecular weight excluding hydrogens is 372 g/mol.